The molecule has 1 aromatic rings. The van der Waals surface area contributed by atoms with Crippen LogP contribution < -0.4 is 4.90 Å². The van der Waals surface area contributed by atoms with Crippen LogP contribution in [0.25, 0.3) is 0 Å². The van der Waals surface area contributed by atoms with Gasteiger partial charge in [0, 0.05) is 50.0 Å². The third-order valence-electron chi connectivity index (χ3n) is 3.78. The van der Waals surface area contributed by atoms with Crippen LogP contribution in [0.2, 0.25) is 0 Å². The van der Waals surface area contributed by atoms with Crippen molar-refractivity contribution in [2.75, 3.05) is 31.7 Å². The van der Waals surface area contributed by atoms with Crippen LogP contribution in [0.4, 0.5) is 11.4 Å². The van der Waals surface area contributed by atoms with E-state index in [1.807, 2.05) is 6.07 Å². The zero-order chi connectivity index (χ0) is 14.5. The lowest BCUT2D eigenvalue weighted by Crippen LogP contribution is -2.35. The number of nitro groups is 1. The zero-order valence-electron chi connectivity index (χ0n) is 11.5. The van der Waals surface area contributed by atoms with Crippen molar-refractivity contribution < 1.29 is 9.66 Å². The molecule has 0 radical (unpaired) electrons. The molecule has 6 heteroatoms. The van der Waals surface area contributed by atoms with E-state index in [4.69, 9.17) is 4.74 Å². The SMILES string of the molecule is COCC1CCN(c2ccc([N+](=O)[O-])cc2CBr)CC1. The van der Waals surface area contributed by atoms with Crippen LogP contribution in [-0.2, 0) is 10.1 Å². The number of ether oxygens (including phenoxy) is 1. The summed E-state index contributed by atoms with van der Waals surface area (Å²) in [4.78, 5) is 12.8. The Morgan fingerprint density at radius 3 is 2.70 bits per heavy atom. The van der Waals surface area contributed by atoms with E-state index in [9.17, 15) is 10.1 Å². The number of halogens is 1. The minimum absolute atomic E-state index is 0.150. The van der Waals surface area contributed by atoms with Gasteiger partial charge in [-0.2, -0.15) is 0 Å². The molecule has 0 amide bonds. The maximum Gasteiger partial charge on any atom is 0.269 e. The van der Waals surface area contributed by atoms with Gasteiger partial charge in [0.05, 0.1) is 4.92 Å². The fourth-order valence-corrected chi connectivity index (χ4v) is 3.13. The van der Waals surface area contributed by atoms with E-state index < -0.39 is 0 Å². The standard InChI is InChI=1S/C14H19BrN2O3/c1-20-10-11-4-6-16(7-5-11)14-3-2-13(17(18)19)8-12(14)9-15/h2-3,8,11H,4-7,9-10H2,1H3. The van der Waals surface area contributed by atoms with Gasteiger partial charge in [-0.1, -0.05) is 15.9 Å². The molecule has 1 fully saturated rings. The van der Waals surface area contributed by atoms with Crippen molar-refractivity contribution in [2.45, 2.75) is 18.2 Å². The molecule has 2 rings (SSSR count). The zero-order valence-corrected chi connectivity index (χ0v) is 13.1. The molecule has 20 heavy (non-hydrogen) atoms. The van der Waals surface area contributed by atoms with Crippen molar-refractivity contribution in [2.24, 2.45) is 5.92 Å². The Kier molecular flexibility index (Phi) is 5.37. The summed E-state index contributed by atoms with van der Waals surface area (Å²) in [6.45, 7) is 2.77. The number of hydrogen-bond acceptors (Lipinski definition) is 4. The highest BCUT2D eigenvalue weighted by molar-refractivity contribution is 9.08. The van der Waals surface area contributed by atoms with Crippen LogP contribution in [-0.4, -0.2) is 31.7 Å². The molecule has 0 atom stereocenters. The van der Waals surface area contributed by atoms with Crippen molar-refractivity contribution in [3.63, 3.8) is 0 Å². The number of piperidine rings is 1. The minimum Gasteiger partial charge on any atom is -0.384 e. The summed E-state index contributed by atoms with van der Waals surface area (Å²) < 4.78 is 5.21. The summed E-state index contributed by atoms with van der Waals surface area (Å²) in [5, 5.41) is 11.5. The van der Waals surface area contributed by atoms with Crippen LogP contribution in [0.3, 0.4) is 0 Å². The predicted molar refractivity (Wildman–Crippen MR) is 82.5 cm³/mol. The lowest BCUT2D eigenvalue weighted by Gasteiger charge is -2.34. The maximum atomic E-state index is 10.8. The Hall–Kier alpha value is -1.14. The van der Waals surface area contributed by atoms with Gasteiger partial charge in [0.1, 0.15) is 0 Å². The van der Waals surface area contributed by atoms with Crippen molar-refractivity contribution >= 4 is 27.3 Å². The van der Waals surface area contributed by atoms with Crippen LogP contribution in [0.1, 0.15) is 18.4 Å². The van der Waals surface area contributed by atoms with Crippen LogP contribution in [0, 0.1) is 16.0 Å². The molecule has 1 aliphatic rings. The topological polar surface area (TPSA) is 55.6 Å². The summed E-state index contributed by atoms with van der Waals surface area (Å²) in [6, 6.07) is 5.11. The van der Waals surface area contributed by atoms with E-state index in [0.29, 0.717) is 11.2 Å². The Morgan fingerprint density at radius 2 is 2.15 bits per heavy atom. The number of alkyl halides is 1. The molecule has 1 saturated heterocycles. The number of rotatable bonds is 5. The Morgan fingerprint density at radius 1 is 1.45 bits per heavy atom. The van der Waals surface area contributed by atoms with E-state index in [-0.39, 0.29) is 10.6 Å². The average molecular weight is 343 g/mol. The maximum absolute atomic E-state index is 10.8. The monoisotopic (exact) mass is 342 g/mol. The first-order valence-corrected chi connectivity index (χ1v) is 7.85. The van der Waals surface area contributed by atoms with E-state index >= 15 is 0 Å². The summed E-state index contributed by atoms with van der Waals surface area (Å²) in [5.41, 5.74) is 2.23. The number of methoxy groups -OCH3 is 1. The lowest BCUT2D eigenvalue weighted by atomic mass is 9.97. The number of non-ortho nitro benzene ring substituents is 1. The molecule has 5 nitrogen and oxygen atoms in total. The second-order valence-electron chi connectivity index (χ2n) is 5.09. The van der Waals surface area contributed by atoms with Crippen molar-refractivity contribution in [3.8, 4) is 0 Å². The van der Waals surface area contributed by atoms with Gasteiger partial charge in [0.15, 0.2) is 0 Å². The molecule has 1 aromatic carbocycles. The first-order chi connectivity index (χ1) is 9.65. The van der Waals surface area contributed by atoms with Crippen LogP contribution >= 0.6 is 15.9 Å². The highest BCUT2D eigenvalue weighted by atomic mass is 79.9. The normalized spacial score (nSPS) is 16.4. The number of benzene rings is 1. The van der Waals surface area contributed by atoms with Gasteiger partial charge in [-0.05, 0) is 30.4 Å². The molecule has 0 spiro atoms. The fraction of sp³-hybridized carbons (Fsp3) is 0.571. The molecular formula is C14H19BrN2O3. The fourth-order valence-electron chi connectivity index (χ4n) is 2.68. The van der Waals surface area contributed by atoms with Gasteiger partial charge >= 0.3 is 0 Å². The molecule has 0 N–H and O–H groups in total. The van der Waals surface area contributed by atoms with Crippen molar-refractivity contribution in [3.05, 3.63) is 33.9 Å². The highest BCUT2D eigenvalue weighted by Crippen LogP contribution is 2.30. The van der Waals surface area contributed by atoms with Crippen molar-refractivity contribution in [1.29, 1.82) is 0 Å². The largest absolute Gasteiger partial charge is 0.384 e. The highest BCUT2D eigenvalue weighted by Gasteiger charge is 2.21. The first kappa shape index (κ1) is 15.3. The molecule has 1 heterocycles. The minimum atomic E-state index is -0.346. The summed E-state index contributed by atoms with van der Waals surface area (Å²) in [7, 11) is 1.74. The second kappa shape index (κ2) is 7.04. The number of nitro benzene ring substituents is 1. The van der Waals surface area contributed by atoms with Gasteiger partial charge in [-0.3, -0.25) is 10.1 Å². The van der Waals surface area contributed by atoms with Crippen molar-refractivity contribution in [1.82, 2.24) is 0 Å². The van der Waals surface area contributed by atoms with E-state index in [1.165, 1.54) is 0 Å². The van der Waals surface area contributed by atoms with Gasteiger partial charge in [0.25, 0.3) is 5.69 Å². The molecule has 110 valence electrons. The third kappa shape index (κ3) is 3.49. The van der Waals surface area contributed by atoms with Crippen LogP contribution in [0.15, 0.2) is 18.2 Å². The lowest BCUT2D eigenvalue weighted by molar-refractivity contribution is -0.384. The molecular weight excluding hydrogens is 324 g/mol. The van der Waals surface area contributed by atoms with E-state index in [0.717, 1.165) is 43.8 Å². The van der Waals surface area contributed by atoms with Crippen LogP contribution in [0.5, 0.6) is 0 Å². The molecule has 1 aliphatic heterocycles. The second-order valence-corrected chi connectivity index (χ2v) is 5.65. The Balaban J connectivity index is 2.11. The first-order valence-electron chi connectivity index (χ1n) is 6.73. The van der Waals surface area contributed by atoms with Gasteiger partial charge in [-0.15, -0.1) is 0 Å². The Labute approximate surface area is 127 Å². The van der Waals surface area contributed by atoms with E-state index in [2.05, 4.69) is 20.8 Å². The van der Waals surface area contributed by atoms with E-state index in [1.54, 1.807) is 19.2 Å². The summed E-state index contributed by atoms with van der Waals surface area (Å²) in [5.74, 6) is 0.627. The quantitative estimate of drug-likeness (QED) is 0.467. The number of anilines is 1. The molecule has 0 bridgehead atoms. The predicted octanol–water partition coefficient (Wildman–Crippen LogP) is 3.35. The number of hydrogen-bond donors (Lipinski definition) is 0. The summed E-state index contributed by atoms with van der Waals surface area (Å²) in [6.07, 6.45) is 2.21. The molecule has 0 saturated carbocycles. The summed E-state index contributed by atoms with van der Waals surface area (Å²) >= 11 is 3.43. The number of nitrogens with zero attached hydrogens (tertiary/aromatic N) is 2. The van der Waals surface area contributed by atoms with Gasteiger partial charge in [-0.25, -0.2) is 0 Å². The molecule has 0 unspecified atom stereocenters. The molecule has 0 aliphatic carbocycles. The third-order valence-corrected chi connectivity index (χ3v) is 4.38. The van der Waals surface area contributed by atoms with Gasteiger partial charge < -0.3 is 9.64 Å². The average Bonchev–Trinajstić information content (AvgIpc) is 2.47. The smallest absolute Gasteiger partial charge is 0.269 e. The Bertz CT molecular complexity index is 473. The molecule has 0 aromatic heterocycles. The van der Waals surface area contributed by atoms with Gasteiger partial charge in [0.2, 0.25) is 0 Å².